The first-order valence-electron chi connectivity index (χ1n) is 7.52. The number of halogens is 2. The summed E-state index contributed by atoms with van der Waals surface area (Å²) in [6.07, 6.45) is 0.861. The minimum absolute atomic E-state index is 0.431. The average Bonchev–Trinajstić information content (AvgIpc) is 2.98. The van der Waals surface area contributed by atoms with Gasteiger partial charge in [-0.1, -0.05) is 29.3 Å². The molecular weight excluding hydrogens is 367 g/mol. The number of hydrogen-bond acceptors (Lipinski definition) is 4. The Morgan fingerprint density at radius 1 is 1.29 bits per heavy atom. The number of benzene rings is 1. The van der Waals surface area contributed by atoms with Gasteiger partial charge in [0.15, 0.2) is 5.96 Å². The van der Waals surface area contributed by atoms with E-state index in [-0.39, 0.29) is 0 Å². The average molecular weight is 387 g/mol. The Labute approximate surface area is 156 Å². The summed E-state index contributed by atoms with van der Waals surface area (Å²) in [6, 6.07) is 5.32. The Bertz CT molecular complexity index is 690. The summed E-state index contributed by atoms with van der Waals surface area (Å²) in [6.45, 7) is 3.82. The Kier molecular flexibility index (Phi) is 7.62. The van der Waals surface area contributed by atoms with E-state index in [1.165, 1.54) is 0 Å². The number of aryl methyl sites for hydroxylation is 1. The lowest BCUT2D eigenvalue weighted by molar-refractivity contribution is 0.322. The van der Waals surface area contributed by atoms with E-state index in [0.29, 0.717) is 28.9 Å². The van der Waals surface area contributed by atoms with Gasteiger partial charge in [-0.3, -0.25) is 4.99 Å². The van der Waals surface area contributed by atoms with Crippen LogP contribution < -0.4 is 15.4 Å². The molecule has 1 aromatic heterocycles. The number of hydrogen-bond donors (Lipinski definition) is 2. The topological polar surface area (TPSA) is 58.5 Å². The molecule has 0 bridgehead atoms. The molecule has 0 saturated carbocycles. The van der Waals surface area contributed by atoms with E-state index in [4.69, 9.17) is 27.9 Å². The smallest absolute Gasteiger partial charge is 0.191 e. The van der Waals surface area contributed by atoms with Gasteiger partial charge >= 0.3 is 0 Å². The number of thiazole rings is 1. The second-order valence-electron chi connectivity index (χ2n) is 4.93. The second kappa shape index (κ2) is 9.71. The van der Waals surface area contributed by atoms with Crippen LogP contribution >= 0.6 is 34.5 Å². The van der Waals surface area contributed by atoms with Crippen molar-refractivity contribution < 1.29 is 4.74 Å². The summed E-state index contributed by atoms with van der Waals surface area (Å²) in [5.74, 6) is 1.30. The number of aliphatic imine (C=N–C) groups is 1. The maximum absolute atomic E-state index is 6.07. The lowest BCUT2D eigenvalue weighted by Crippen LogP contribution is -2.40. The molecule has 0 fully saturated rings. The molecule has 5 nitrogen and oxygen atoms in total. The van der Waals surface area contributed by atoms with Gasteiger partial charge in [-0.15, -0.1) is 11.3 Å². The first-order chi connectivity index (χ1) is 11.6. The molecule has 0 aliphatic carbocycles. The molecule has 1 aromatic carbocycles. The van der Waals surface area contributed by atoms with Crippen LogP contribution in [-0.4, -0.2) is 37.7 Å². The van der Waals surface area contributed by atoms with Gasteiger partial charge < -0.3 is 15.4 Å². The molecule has 1 heterocycles. The third-order valence-corrected chi connectivity index (χ3v) is 4.76. The minimum atomic E-state index is 0.431. The van der Waals surface area contributed by atoms with E-state index in [1.807, 2.05) is 6.92 Å². The Morgan fingerprint density at radius 2 is 2.08 bits per heavy atom. The van der Waals surface area contributed by atoms with Crippen LogP contribution in [0.25, 0.3) is 0 Å². The number of guanidine groups is 1. The Morgan fingerprint density at radius 3 is 2.79 bits per heavy atom. The Hall–Kier alpha value is -1.50. The van der Waals surface area contributed by atoms with Crippen LogP contribution in [0.4, 0.5) is 0 Å². The van der Waals surface area contributed by atoms with Gasteiger partial charge in [-0.2, -0.15) is 0 Å². The first-order valence-corrected chi connectivity index (χ1v) is 9.16. The second-order valence-corrected chi connectivity index (χ2v) is 6.78. The third-order valence-electron chi connectivity index (χ3n) is 3.13. The maximum Gasteiger partial charge on any atom is 0.191 e. The van der Waals surface area contributed by atoms with Crippen LogP contribution in [0, 0.1) is 6.92 Å². The monoisotopic (exact) mass is 386 g/mol. The van der Waals surface area contributed by atoms with Gasteiger partial charge in [0.1, 0.15) is 17.4 Å². The third kappa shape index (κ3) is 5.85. The molecule has 2 rings (SSSR count). The van der Waals surface area contributed by atoms with Crippen molar-refractivity contribution in [3.63, 3.8) is 0 Å². The largest absolute Gasteiger partial charge is 0.490 e. The van der Waals surface area contributed by atoms with E-state index in [9.17, 15) is 0 Å². The number of aromatic nitrogens is 1. The molecule has 0 amide bonds. The zero-order valence-electron chi connectivity index (χ0n) is 13.6. The van der Waals surface area contributed by atoms with Crippen molar-refractivity contribution in [3.05, 3.63) is 44.3 Å². The highest BCUT2D eigenvalue weighted by atomic mass is 35.5. The first kappa shape index (κ1) is 18.8. The Balaban J connectivity index is 1.67. The zero-order valence-corrected chi connectivity index (χ0v) is 15.9. The van der Waals surface area contributed by atoms with E-state index >= 15 is 0 Å². The molecular formula is C16H20Cl2N4OS. The van der Waals surface area contributed by atoms with E-state index < -0.39 is 0 Å². The highest BCUT2D eigenvalue weighted by molar-refractivity contribution is 7.09. The highest BCUT2D eigenvalue weighted by Crippen LogP contribution is 2.31. The summed E-state index contributed by atoms with van der Waals surface area (Å²) in [5, 5.41) is 10.5. The predicted molar refractivity (Wildman–Crippen MR) is 102 cm³/mol. The predicted octanol–water partition coefficient (Wildman–Crippen LogP) is 3.54. The van der Waals surface area contributed by atoms with E-state index in [2.05, 4.69) is 26.0 Å². The van der Waals surface area contributed by atoms with Gasteiger partial charge in [-0.05, 0) is 19.1 Å². The summed E-state index contributed by atoms with van der Waals surface area (Å²) < 4.78 is 5.62. The minimum Gasteiger partial charge on any atom is -0.490 e. The van der Waals surface area contributed by atoms with E-state index in [0.717, 1.165) is 29.6 Å². The quantitative estimate of drug-likeness (QED) is 0.434. The van der Waals surface area contributed by atoms with Crippen molar-refractivity contribution in [2.75, 3.05) is 26.7 Å². The zero-order chi connectivity index (χ0) is 17.4. The SMILES string of the molecule is CN=C(NCCOc1cccc(Cl)c1Cl)NCCc1csc(C)n1. The van der Waals surface area contributed by atoms with Gasteiger partial charge in [0.25, 0.3) is 0 Å². The fraction of sp³-hybridized carbons (Fsp3) is 0.375. The molecule has 0 saturated heterocycles. The fourth-order valence-electron chi connectivity index (χ4n) is 1.98. The van der Waals surface area contributed by atoms with Crippen molar-refractivity contribution in [2.45, 2.75) is 13.3 Å². The molecule has 0 unspecified atom stereocenters. The van der Waals surface area contributed by atoms with Crippen molar-refractivity contribution in [1.82, 2.24) is 15.6 Å². The van der Waals surface area contributed by atoms with Crippen molar-refractivity contribution in [2.24, 2.45) is 4.99 Å². The standard InChI is InChI=1S/C16H20Cl2N4OS/c1-11-22-12(10-24-11)6-7-20-16(19-2)21-8-9-23-14-5-3-4-13(17)15(14)18/h3-5,10H,6-9H2,1-2H3,(H2,19,20,21). The number of rotatable bonds is 7. The van der Waals surface area contributed by atoms with Gasteiger partial charge in [-0.25, -0.2) is 4.98 Å². The van der Waals surface area contributed by atoms with Crippen molar-refractivity contribution in [1.29, 1.82) is 0 Å². The number of ether oxygens (including phenoxy) is 1. The van der Waals surface area contributed by atoms with Gasteiger partial charge in [0.05, 0.1) is 22.3 Å². The normalized spacial score (nSPS) is 11.4. The summed E-state index contributed by atoms with van der Waals surface area (Å²) in [4.78, 5) is 8.61. The van der Waals surface area contributed by atoms with Gasteiger partial charge in [0.2, 0.25) is 0 Å². The van der Waals surface area contributed by atoms with Crippen LogP contribution in [0.3, 0.4) is 0 Å². The number of nitrogens with one attached hydrogen (secondary N) is 2. The lowest BCUT2D eigenvalue weighted by Gasteiger charge is -2.13. The lowest BCUT2D eigenvalue weighted by atomic mass is 10.3. The molecule has 0 aliphatic heterocycles. The molecule has 8 heteroatoms. The molecule has 0 aliphatic rings. The molecule has 2 aromatic rings. The fourth-order valence-corrected chi connectivity index (χ4v) is 2.97. The van der Waals surface area contributed by atoms with Crippen molar-refractivity contribution in [3.8, 4) is 5.75 Å². The molecule has 0 radical (unpaired) electrons. The maximum atomic E-state index is 6.07. The van der Waals surface area contributed by atoms with Crippen LogP contribution in [-0.2, 0) is 6.42 Å². The van der Waals surface area contributed by atoms with Crippen LogP contribution in [0.2, 0.25) is 10.0 Å². The van der Waals surface area contributed by atoms with Crippen LogP contribution in [0.1, 0.15) is 10.7 Å². The number of nitrogens with zero attached hydrogens (tertiary/aromatic N) is 2. The summed E-state index contributed by atoms with van der Waals surface area (Å²) >= 11 is 13.7. The van der Waals surface area contributed by atoms with Gasteiger partial charge in [0, 0.05) is 25.4 Å². The van der Waals surface area contributed by atoms with Crippen molar-refractivity contribution >= 4 is 40.5 Å². The molecule has 24 heavy (non-hydrogen) atoms. The van der Waals surface area contributed by atoms with E-state index in [1.54, 1.807) is 36.6 Å². The summed E-state index contributed by atoms with van der Waals surface area (Å²) in [5.41, 5.74) is 1.10. The summed E-state index contributed by atoms with van der Waals surface area (Å²) in [7, 11) is 1.73. The molecule has 0 spiro atoms. The highest BCUT2D eigenvalue weighted by Gasteiger charge is 2.05. The van der Waals surface area contributed by atoms with Crippen LogP contribution in [0.5, 0.6) is 5.75 Å². The molecule has 130 valence electrons. The molecule has 0 atom stereocenters. The van der Waals surface area contributed by atoms with Crippen LogP contribution in [0.15, 0.2) is 28.6 Å². The molecule has 2 N–H and O–H groups in total.